The number of hydrogen-bond acceptors (Lipinski definition) is 1. The Morgan fingerprint density at radius 3 is 2.08 bits per heavy atom. The van der Waals surface area contributed by atoms with E-state index in [9.17, 15) is 13.2 Å². The lowest BCUT2D eigenvalue weighted by molar-refractivity contribution is 0.434. The van der Waals surface area contributed by atoms with Crippen LogP contribution >= 0.6 is 0 Å². The zero-order chi connectivity index (χ0) is 9.14. The topological polar surface area (TPSA) is 26.0 Å². The highest BCUT2D eigenvalue weighted by Crippen LogP contribution is 2.14. The van der Waals surface area contributed by atoms with Crippen LogP contribution in [0.2, 0.25) is 0 Å². The van der Waals surface area contributed by atoms with Crippen molar-refractivity contribution in [2.75, 3.05) is 6.67 Å². The highest BCUT2D eigenvalue weighted by molar-refractivity contribution is 5.21. The van der Waals surface area contributed by atoms with Crippen LogP contribution in [0.5, 0.6) is 0 Å². The fourth-order valence-corrected chi connectivity index (χ4v) is 0.878. The summed E-state index contributed by atoms with van der Waals surface area (Å²) in [4.78, 5) is 0. The third-order valence-electron chi connectivity index (χ3n) is 1.48. The lowest BCUT2D eigenvalue weighted by Crippen LogP contribution is -2.12. The van der Waals surface area contributed by atoms with Crippen molar-refractivity contribution in [1.29, 1.82) is 0 Å². The standard InChI is InChI=1S/C8H8F3N/c9-4-8(12)5-1-6(10)3-7(11)2-5/h1-3,8H,4,12H2. The maximum Gasteiger partial charge on any atom is 0.126 e. The Morgan fingerprint density at radius 2 is 1.67 bits per heavy atom. The van der Waals surface area contributed by atoms with Crippen LogP contribution < -0.4 is 5.73 Å². The third kappa shape index (κ3) is 1.98. The second-order valence-electron chi connectivity index (χ2n) is 2.46. The van der Waals surface area contributed by atoms with Crippen LogP contribution in [0.4, 0.5) is 13.2 Å². The van der Waals surface area contributed by atoms with E-state index in [0.29, 0.717) is 6.07 Å². The van der Waals surface area contributed by atoms with E-state index < -0.39 is 24.4 Å². The summed E-state index contributed by atoms with van der Waals surface area (Å²) in [5.74, 6) is -1.48. The zero-order valence-electron chi connectivity index (χ0n) is 6.23. The van der Waals surface area contributed by atoms with Gasteiger partial charge in [0.1, 0.15) is 18.3 Å². The average molecular weight is 175 g/mol. The Kier molecular flexibility index (Phi) is 2.70. The molecule has 1 rings (SSSR count). The van der Waals surface area contributed by atoms with Gasteiger partial charge >= 0.3 is 0 Å². The SMILES string of the molecule is NC(CF)c1cc(F)cc(F)c1. The van der Waals surface area contributed by atoms with E-state index in [2.05, 4.69) is 0 Å². The maximum absolute atomic E-state index is 12.5. The van der Waals surface area contributed by atoms with Gasteiger partial charge < -0.3 is 5.73 Å². The van der Waals surface area contributed by atoms with E-state index in [1.165, 1.54) is 0 Å². The second kappa shape index (κ2) is 3.58. The molecular formula is C8H8F3N. The highest BCUT2D eigenvalue weighted by atomic mass is 19.1. The van der Waals surface area contributed by atoms with Gasteiger partial charge in [0.2, 0.25) is 0 Å². The number of alkyl halides is 1. The quantitative estimate of drug-likeness (QED) is 0.730. The molecule has 0 saturated heterocycles. The van der Waals surface area contributed by atoms with Crippen molar-refractivity contribution >= 4 is 0 Å². The van der Waals surface area contributed by atoms with Crippen molar-refractivity contribution < 1.29 is 13.2 Å². The molecule has 12 heavy (non-hydrogen) atoms. The molecule has 0 heterocycles. The third-order valence-corrected chi connectivity index (χ3v) is 1.48. The van der Waals surface area contributed by atoms with E-state index in [0.717, 1.165) is 12.1 Å². The Labute approximate surface area is 68.0 Å². The van der Waals surface area contributed by atoms with Gasteiger partial charge in [0.15, 0.2) is 0 Å². The molecule has 0 aromatic heterocycles. The molecule has 1 aromatic rings. The van der Waals surface area contributed by atoms with Gasteiger partial charge in [-0.15, -0.1) is 0 Å². The molecular weight excluding hydrogens is 167 g/mol. The number of hydrogen-bond donors (Lipinski definition) is 1. The van der Waals surface area contributed by atoms with Gasteiger partial charge in [0.05, 0.1) is 6.04 Å². The number of halogens is 3. The van der Waals surface area contributed by atoms with Gasteiger partial charge in [0, 0.05) is 6.07 Å². The fraction of sp³-hybridized carbons (Fsp3) is 0.250. The molecule has 0 fully saturated rings. The summed E-state index contributed by atoms with van der Waals surface area (Å²) in [6.45, 7) is -0.830. The van der Waals surface area contributed by atoms with Crippen LogP contribution in [-0.2, 0) is 0 Å². The largest absolute Gasteiger partial charge is 0.322 e. The summed E-state index contributed by atoms with van der Waals surface area (Å²) in [7, 11) is 0. The van der Waals surface area contributed by atoms with Gasteiger partial charge in [-0.05, 0) is 17.7 Å². The van der Waals surface area contributed by atoms with Crippen molar-refractivity contribution in [3.63, 3.8) is 0 Å². The fourth-order valence-electron chi connectivity index (χ4n) is 0.878. The molecule has 0 saturated carbocycles. The smallest absolute Gasteiger partial charge is 0.126 e. The summed E-state index contributed by atoms with van der Waals surface area (Å²) in [5, 5.41) is 0. The summed E-state index contributed by atoms with van der Waals surface area (Å²) in [5.41, 5.74) is 5.36. The molecule has 0 aliphatic rings. The minimum Gasteiger partial charge on any atom is -0.322 e. The van der Waals surface area contributed by atoms with Gasteiger partial charge in [0.25, 0.3) is 0 Å². The molecule has 4 heteroatoms. The van der Waals surface area contributed by atoms with E-state index in [1.54, 1.807) is 0 Å². The molecule has 1 atom stereocenters. The first-order valence-corrected chi connectivity index (χ1v) is 3.41. The predicted molar refractivity (Wildman–Crippen MR) is 39.3 cm³/mol. The van der Waals surface area contributed by atoms with Gasteiger partial charge in [-0.1, -0.05) is 0 Å². The monoisotopic (exact) mass is 175 g/mol. The Hall–Kier alpha value is -1.03. The lowest BCUT2D eigenvalue weighted by Gasteiger charge is -2.06. The molecule has 0 aliphatic heterocycles. The van der Waals surface area contributed by atoms with Gasteiger partial charge in [-0.3, -0.25) is 0 Å². The molecule has 2 N–H and O–H groups in total. The minimum atomic E-state index is -0.949. The number of benzene rings is 1. The maximum atomic E-state index is 12.5. The van der Waals surface area contributed by atoms with Crippen LogP contribution in [0, 0.1) is 11.6 Å². The molecule has 1 nitrogen and oxygen atoms in total. The van der Waals surface area contributed by atoms with Crippen LogP contribution in [0.15, 0.2) is 18.2 Å². The minimum absolute atomic E-state index is 0.134. The van der Waals surface area contributed by atoms with Crippen molar-refractivity contribution in [3.8, 4) is 0 Å². The lowest BCUT2D eigenvalue weighted by atomic mass is 10.1. The second-order valence-corrected chi connectivity index (χ2v) is 2.46. The van der Waals surface area contributed by atoms with E-state index in [4.69, 9.17) is 5.73 Å². The molecule has 66 valence electrons. The predicted octanol–water partition coefficient (Wildman–Crippen LogP) is 1.93. The van der Waals surface area contributed by atoms with E-state index in [1.807, 2.05) is 0 Å². The molecule has 0 radical (unpaired) electrons. The van der Waals surface area contributed by atoms with Crippen molar-refractivity contribution in [2.45, 2.75) is 6.04 Å². The Morgan fingerprint density at radius 1 is 1.17 bits per heavy atom. The number of rotatable bonds is 2. The number of nitrogens with two attached hydrogens (primary N) is 1. The summed E-state index contributed by atoms with van der Waals surface area (Å²) < 4.78 is 37.0. The molecule has 0 amide bonds. The first-order valence-electron chi connectivity index (χ1n) is 3.41. The van der Waals surface area contributed by atoms with Crippen LogP contribution in [0.1, 0.15) is 11.6 Å². The average Bonchev–Trinajstić information content (AvgIpc) is 2.01. The van der Waals surface area contributed by atoms with Crippen LogP contribution in [0.25, 0.3) is 0 Å². The first-order chi connectivity index (χ1) is 5.63. The summed E-state index contributed by atoms with van der Waals surface area (Å²) >= 11 is 0. The molecule has 0 aliphatic carbocycles. The Balaban J connectivity index is 3.00. The van der Waals surface area contributed by atoms with Crippen molar-refractivity contribution in [2.24, 2.45) is 5.73 Å². The summed E-state index contributed by atoms with van der Waals surface area (Å²) in [6.07, 6.45) is 0. The highest BCUT2D eigenvalue weighted by Gasteiger charge is 2.07. The van der Waals surface area contributed by atoms with Gasteiger partial charge in [-0.25, -0.2) is 13.2 Å². The molecule has 0 spiro atoms. The molecule has 1 aromatic carbocycles. The van der Waals surface area contributed by atoms with Crippen molar-refractivity contribution in [3.05, 3.63) is 35.4 Å². The van der Waals surface area contributed by atoms with Crippen molar-refractivity contribution in [1.82, 2.24) is 0 Å². The normalized spacial score (nSPS) is 13.0. The Bertz CT molecular complexity index is 255. The van der Waals surface area contributed by atoms with E-state index >= 15 is 0 Å². The molecule has 1 unspecified atom stereocenters. The van der Waals surface area contributed by atoms with Crippen LogP contribution in [-0.4, -0.2) is 6.67 Å². The molecule has 0 bridgehead atoms. The van der Waals surface area contributed by atoms with E-state index in [-0.39, 0.29) is 5.56 Å². The van der Waals surface area contributed by atoms with Crippen LogP contribution in [0.3, 0.4) is 0 Å². The summed E-state index contributed by atoms with van der Waals surface area (Å²) in [6, 6.07) is 1.81. The zero-order valence-corrected chi connectivity index (χ0v) is 6.23. The van der Waals surface area contributed by atoms with Gasteiger partial charge in [-0.2, -0.15) is 0 Å². The first kappa shape index (κ1) is 9.06.